The van der Waals surface area contributed by atoms with Crippen LogP contribution in [0, 0.1) is 0 Å². The number of aryl methyl sites for hydroxylation is 1. The SMILES string of the molecule is O=C(CCCc1cccs1)N1CCN(c2ncnc3ccccc23)CC1. The number of hydrogen-bond donors (Lipinski definition) is 0. The van der Waals surface area contributed by atoms with Crippen molar-refractivity contribution in [3.8, 4) is 0 Å². The van der Waals surface area contributed by atoms with Gasteiger partial charge in [0, 0.05) is 42.9 Å². The number of thiophene rings is 1. The lowest BCUT2D eigenvalue weighted by Gasteiger charge is -2.35. The number of benzene rings is 1. The second-order valence-corrected chi connectivity index (χ2v) is 7.55. The third-order valence-corrected chi connectivity index (χ3v) is 5.78. The molecule has 1 aliphatic heterocycles. The fourth-order valence-electron chi connectivity index (χ4n) is 3.44. The molecule has 0 unspecified atom stereocenters. The van der Waals surface area contributed by atoms with Crippen LogP contribution >= 0.6 is 11.3 Å². The van der Waals surface area contributed by atoms with E-state index >= 15 is 0 Å². The molecule has 0 atom stereocenters. The molecular formula is C20H22N4OS. The molecule has 0 radical (unpaired) electrons. The molecule has 5 nitrogen and oxygen atoms in total. The highest BCUT2D eigenvalue weighted by Crippen LogP contribution is 2.23. The molecule has 0 bridgehead atoms. The molecule has 1 saturated heterocycles. The van der Waals surface area contributed by atoms with Crippen LogP contribution in [0.25, 0.3) is 10.9 Å². The Hall–Kier alpha value is -2.47. The van der Waals surface area contributed by atoms with Crippen molar-refractivity contribution in [1.29, 1.82) is 0 Å². The lowest BCUT2D eigenvalue weighted by atomic mass is 10.1. The van der Waals surface area contributed by atoms with E-state index < -0.39 is 0 Å². The number of carbonyl (C=O) groups excluding carboxylic acids is 1. The highest BCUT2D eigenvalue weighted by atomic mass is 32.1. The quantitative estimate of drug-likeness (QED) is 0.695. The van der Waals surface area contributed by atoms with Crippen molar-refractivity contribution in [3.05, 3.63) is 53.0 Å². The zero-order chi connectivity index (χ0) is 17.8. The van der Waals surface area contributed by atoms with Crippen molar-refractivity contribution in [2.45, 2.75) is 19.3 Å². The average Bonchev–Trinajstić information content (AvgIpc) is 3.21. The van der Waals surface area contributed by atoms with Crippen molar-refractivity contribution in [3.63, 3.8) is 0 Å². The number of fused-ring (bicyclic) bond motifs is 1. The Bertz CT molecular complexity index is 867. The highest BCUT2D eigenvalue weighted by Gasteiger charge is 2.22. The summed E-state index contributed by atoms with van der Waals surface area (Å²) >= 11 is 1.77. The molecule has 1 amide bonds. The number of hydrogen-bond acceptors (Lipinski definition) is 5. The Labute approximate surface area is 157 Å². The van der Waals surface area contributed by atoms with Gasteiger partial charge in [0.1, 0.15) is 12.1 Å². The summed E-state index contributed by atoms with van der Waals surface area (Å²) in [7, 11) is 0. The Morgan fingerprint density at radius 1 is 1.04 bits per heavy atom. The number of para-hydroxylation sites is 1. The fraction of sp³-hybridized carbons (Fsp3) is 0.350. The summed E-state index contributed by atoms with van der Waals surface area (Å²) in [4.78, 5) is 26.9. The molecule has 0 saturated carbocycles. The average molecular weight is 366 g/mol. The van der Waals surface area contributed by atoms with Crippen LogP contribution in [0.5, 0.6) is 0 Å². The van der Waals surface area contributed by atoms with Gasteiger partial charge in [-0.05, 0) is 36.4 Å². The van der Waals surface area contributed by atoms with Gasteiger partial charge in [-0.2, -0.15) is 0 Å². The molecule has 2 aromatic heterocycles. The lowest BCUT2D eigenvalue weighted by molar-refractivity contribution is -0.131. The first-order chi connectivity index (χ1) is 12.8. The Balaban J connectivity index is 1.32. The minimum atomic E-state index is 0.272. The van der Waals surface area contributed by atoms with Gasteiger partial charge in [-0.3, -0.25) is 4.79 Å². The molecule has 1 fully saturated rings. The zero-order valence-electron chi connectivity index (χ0n) is 14.7. The van der Waals surface area contributed by atoms with E-state index in [4.69, 9.17) is 0 Å². The standard InChI is InChI=1S/C20H22N4OS/c25-19(9-3-5-16-6-4-14-26-16)23-10-12-24(13-11-23)20-17-7-1-2-8-18(17)21-15-22-20/h1-2,4,6-8,14-15H,3,5,9-13H2. The summed E-state index contributed by atoms with van der Waals surface area (Å²) in [6.45, 7) is 3.15. The molecule has 0 aliphatic carbocycles. The van der Waals surface area contributed by atoms with E-state index in [1.165, 1.54) is 4.88 Å². The van der Waals surface area contributed by atoms with Crippen LogP contribution in [-0.4, -0.2) is 47.0 Å². The van der Waals surface area contributed by atoms with E-state index in [1.807, 2.05) is 23.1 Å². The monoisotopic (exact) mass is 366 g/mol. The van der Waals surface area contributed by atoms with E-state index in [0.717, 1.165) is 55.7 Å². The molecule has 0 N–H and O–H groups in total. The number of aromatic nitrogens is 2. The molecule has 3 heterocycles. The second kappa shape index (κ2) is 7.83. The highest BCUT2D eigenvalue weighted by molar-refractivity contribution is 7.09. The molecule has 134 valence electrons. The molecule has 3 aromatic rings. The van der Waals surface area contributed by atoms with Crippen LogP contribution in [0.15, 0.2) is 48.1 Å². The van der Waals surface area contributed by atoms with Crippen molar-refractivity contribution in [2.75, 3.05) is 31.1 Å². The fourth-order valence-corrected chi connectivity index (χ4v) is 4.19. The summed E-state index contributed by atoms with van der Waals surface area (Å²) < 4.78 is 0. The maximum absolute atomic E-state index is 12.5. The van der Waals surface area contributed by atoms with Gasteiger partial charge >= 0.3 is 0 Å². The summed E-state index contributed by atoms with van der Waals surface area (Å²) in [5.41, 5.74) is 0.963. The van der Waals surface area contributed by atoms with Gasteiger partial charge in [0.25, 0.3) is 0 Å². The minimum Gasteiger partial charge on any atom is -0.352 e. The van der Waals surface area contributed by atoms with E-state index in [2.05, 4.69) is 38.4 Å². The Kier molecular flexibility index (Phi) is 5.11. The van der Waals surface area contributed by atoms with Crippen LogP contribution in [0.1, 0.15) is 17.7 Å². The number of piperazine rings is 1. The van der Waals surface area contributed by atoms with E-state index in [1.54, 1.807) is 17.7 Å². The van der Waals surface area contributed by atoms with Crippen LogP contribution < -0.4 is 4.90 Å². The van der Waals surface area contributed by atoms with Gasteiger partial charge in [-0.25, -0.2) is 9.97 Å². The Morgan fingerprint density at radius 2 is 1.88 bits per heavy atom. The normalized spacial score (nSPS) is 14.8. The largest absolute Gasteiger partial charge is 0.352 e. The smallest absolute Gasteiger partial charge is 0.222 e. The first-order valence-corrected chi connectivity index (χ1v) is 9.94. The van der Waals surface area contributed by atoms with Crippen molar-refractivity contribution >= 4 is 34.0 Å². The number of amides is 1. The van der Waals surface area contributed by atoms with Gasteiger partial charge in [0.15, 0.2) is 0 Å². The number of carbonyl (C=O) groups is 1. The first-order valence-electron chi connectivity index (χ1n) is 9.06. The van der Waals surface area contributed by atoms with Gasteiger partial charge in [0.2, 0.25) is 5.91 Å². The van der Waals surface area contributed by atoms with Crippen LogP contribution in [-0.2, 0) is 11.2 Å². The molecule has 6 heteroatoms. The van der Waals surface area contributed by atoms with E-state index in [0.29, 0.717) is 6.42 Å². The molecule has 4 rings (SSSR count). The van der Waals surface area contributed by atoms with Gasteiger partial charge in [-0.15, -0.1) is 11.3 Å². The van der Waals surface area contributed by atoms with Gasteiger partial charge < -0.3 is 9.80 Å². The van der Waals surface area contributed by atoms with E-state index in [9.17, 15) is 4.79 Å². The maximum atomic E-state index is 12.5. The predicted molar refractivity (Wildman–Crippen MR) is 106 cm³/mol. The molecule has 0 spiro atoms. The maximum Gasteiger partial charge on any atom is 0.222 e. The van der Waals surface area contributed by atoms with Crippen LogP contribution in [0.3, 0.4) is 0 Å². The third kappa shape index (κ3) is 3.70. The molecule has 1 aliphatic rings. The van der Waals surface area contributed by atoms with Crippen LogP contribution in [0.2, 0.25) is 0 Å². The van der Waals surface area contributed by atoms with E-state index in [-0.39, 0.29) is 5.91 Å². The summed E-state index contributed by atoms with van der Waals surface area (Å²) in [6, 6.07) is 12.3. The van der Waals surface area contributed by atoms with Crippen molar-refractivity contribution in [1.82, 2.24) is 14.9 Å². The summed E-state index contributed by atoms with van der Waals surface area (Å²) in [5, 5.41) is 3.17. The van der Waals surface area contributed by atoms with Crippen molar-refractivity contribution < 1.29 is 4.79 Å². The lowest BCUT2D eigenvalue weighted by Crippen LogP contribution is -2.49. The number of rotatable bonds is 5. The van der Waals surface area contributed by atoms with Crippen LogP contribution in [0.4, 0.5) is 5.82 Å². The first kappa shape index (κ1) is 17.0. The number of anilines is 1. The number of nitrogens with zero attached hydrogens (tertiary/aromatic N) is 4. The second-order valence-electron chi connectivity index (χ2n) is 6.52. The van der Waals surface area contributed by atoms with Gasteiger partial charge in [-0.1, -0.05) is 18.2 Å². The van der Waals surface area contributed by atoms with Crippen molar-refractivity contribution in [2.24, 2.45) is 0 Å². The van der Waals surface area contributed by atoms with Gasteiger partial charge in [0.05, 0.1) is 5.52 Å². The summed E-state index contributed by atoms with van der Waals surface area (Å²) in [5.74, 6) is 1.24. The Morgan fingerprint density at radius 3 is 2.69 bits per heavy atom. The third-order valence-electron chi connectivity index (χ3n) is 4.85. The summed E-state index contributed by atoms with van der Waals surface area (Å²) in [6.07, 6.45) is 4.18. The zero-order valence-corrected chi connectivity index (χ0v) is 15.5. The molecule has 1 aromatic carbocycles. The molecule has 26 heavy (non-hydrogen) atoms. The topological polar surface area (TPSA) is 49.3 Å². The minimum absolute atomic E-state index is 0.272. The predicted octanol–water partition coefficient (Wildman–Crippen LogP) is 3.36. The molecular weight excluding hydrogens is 344 g/mol.